The quantitative estimate of drug-likeness (QED) is 0.759. The number of alkyl halides is 5. The highest BCUT2D eigenvalue weighted by Gasteiger charge is 2.56. The van der Waals surface area contributed by atoms with Gasteiger partial charge in [-0.25, -0.2) is 8.78 Å². The molecule has 3 atom stereocenters. The molecule has 1 amide bonds. The molecule has 1 N–H and O–H groups in total. The normalized spacial score (nSPS) is 29.2. The molecular formula is C20H24F5N3O. The van der Waals surface area contributed by atoms with Gasteiger partial charge in [-0.15, -0.1) is 0 Å². The van der Waals surface area contributed by atoms with Crippen LogP contribution in [0.4, 0.5) is 22.0 Å². The maximum Gasteiger partial charge on any atom is 0.417 e. The summed E-state index contributed by atoms with van der Waals surface area (Å²) in [6.07, 6.45) is -1.89. The molecular weight excluding hydrogens is 393 g/mol. The van der Waals surface area contributed by atoms with E-state index in [2.05, 4.69) is 10.3 Å². The highest BCUT2D eigenvalue weighted by molar-refractivity contribution is 5.84. The van der Waals surface area contributed by atoms with E-state index >= 15 is 0 Å². The van der Waals surface area contributed by atoms with E-state index in [9.17, 15) is 26.7 Å². The molecule has 160 valence electrons. The van der Waals surface area contributed by atoms with Gasteiger partial charge in [0.05, 0.1) is 17.5 Å². The van der Waals surface area contributed by atoms with Gasteiger partial charge in [-0.3, -0.25) is 9.78 Å². The highest BCUT2D eigenvalue weighted by atomic mass is 19.4. The van der Waals surface area contributed by atoms with Crippen molar-refractivity contribution in [2.75, 3.05) is 13.1 Å². The first-order valence-electron chi connectivity index (χ1n) is 10.0. The summed E-state index contributed by atoms with van der Waals surface area (Å²) in [5, 5.41) is 2.88. The number of halogens is 5. The summed E-state index contributed by atoms with van der Waals surface area (Å²) < 4.78 is 64.2. The zero-order valence-corrected chi connectivity index (χ0v) is 15.9. The first-order chi connectivity index (χ1) is 13.7. The van der Waals surface area contributed by atoms with E-state index in [1.165, 1.54) is 0 Å². The second-order valence-corrected chi connectivity index (χ2v) is 8.49. The van der Waals surface area contributed by atoms with Crippen LogP contribution in [0.1, 0.15) is 48.9 Å². The fourth-order valence-electron chi connectivity index (χ4n) is 5.47. The molecule has 3 aliphatic rings. The van der Waals surface area contributed by atoms with Crippen LogP contribution in [-0.4, -0.2) is 41.3 Å². The lowest BCUT2D eigenvalue weighted by Crippen LogP contribution is -2.47. The number of pyridine rings is 1. The van der Waals surface area contributed by atoms with Crippen molar-refractivity contribution >= 4 is 5.91 Å². The lowest BCUT2D eigenvalue weighted by Gasteiger charge is -2.37. The third kappa shape index (κ3) is 3.85. The van der Waals surface area contributed by atoms with Crippen LogP contribution in [0.5, 0.6) is 0 Å². The molecule has 1 aromatic heterocycles. The lowest BCUT2D eigenvalue weighted by atomic mass is 9.78. The summed E-state index contributed by atoms with van der Waals surface area (Å²) in [7, 11) is 0. The second-order valence-electron chi connectivity index (χ2n) is 8.49. The van der Waals surface area contributed by atoms with Gasteiger partial charge in [0, 0.05) is 37.4 Å². The molecule has 2 fully saturated rings. The van der Waals surface area contributed by atoms with Crippen LogP contribution in [-0.2, 0) is 23.9 Å². The first kappa shape index (κ1) is 20.5. The molecule has 0 saturated heterocycles. The van der Waals surface area contributed by atoms with Gasteiger partial charge in [0.25, 0.3) is 6.43 Å². The molecule has 9 heteroatoms. The Bertz CT molecular complexity index is 784. The number of hydrogen-bond donors (Lipinski definition) is 1. The van der Waals surface area contributed by atoms with Crippen LogP contribution in [0.2, 0.25) is 0 Å². The Morgan fingerprint density at radius 1 is 1.38 bits per heavy atom. The summed E-state index contributed by atoms with van der Waals surface area (Å²) in [6.45, 7) is 0.160. The van der Waals surface area contributed by atoms with Crippen molar-refractivity contribution in [3.8, 4) is 0 Å². The van der Waals surface area contributed by atoms with Gasteiger partial charge in [0.1, 0.15) is 0 Å². The molecule has 1 aliphatic heterocycles. The number of fused-ring (bicyclic) bond motifs is 2. The molecule has 0 spiro atoms. The Morgan fingerprint density at radius 2 is 2.17 bits per heavy atom. The lowest BCUT2D eigenvalue weighted by molar-refractivity contribution is -0.144. The molecule has 29 heavy (non-hydrogen) atoms. The van der Waals surface area contributed by atoms with Crippen LogP contribution >= 0.6 is 0 Å². The average Bonchev–Trinajstić information content (AvgIpc) is 3.22. The minimum atomic E-state index is -4.47. The number of nitrogens with one attached hydrogen (secondary N) is 1. The molecule has 2 aliphatic carbocycles. The average molecular weight is 417 g/mol. The highest BCUT2D eigenvalue weighted by Crippen LogP contribution is 2.55. The van der Waals surface area contributed by atoms with Crippen LogP contribution in [0.25, 0.3) is 0 Å². The molecule has 1 aromatic rings. The topological polar surface area (TPSA) is 45.2 Å². The van der Waals surface area contributed by atoms with Gasteiger partial charge < -0.3 is 10.2 Å². The number of hydrogen-bond acceptors (Lipinski definition) is 3. The van der Waals surface area contributed by atoms with Crippen molar-refractivity contribution in [2.24, 2.45) is 11.3 Å². The number of rotatable bonds is 4. The van der Waals surface area contributed by atoms with Crippen molar-refractivity contribution in [1.29, 1.82) is 0 Å². The van der Waals surface area contributed by atoms with E-state index in [4.69, 9.17) is 0 Å². The van der Waals surface area contributed by atoms with Crippen LogP contribution in [0, 0.1) is 11.3 Å². The van der Waals surface area contributed by atoms with Gasteiger partial charge in [0.2, 0.25) is 5.91 Å². The summed E-state index contributed by atoms with van der Waals surface area (Å²) in [4.78, 5) is 19.1. The smallest absolute Gasteiger partial charge is 0.337 e. The molecule has 0 bridgehead atoms. The summed E-state index contributed by atoms with van der Waals surface area (Å²) in [5.41, 5.74) is -0.340. The van der Waals surface area contributed by atoms with Crippen molar-refractivity contribution < 1.29 is 26.7 Å². The number of aromatic nitrogens is 1. The van der Waals surface area contributed by atoms with Crippen LogP contribution in [0.3, 0.4) is 0 Å². The van der Waals surface area contributed by atoms with Crippen molar-refractivity contribution in [2.45, 2.75) is 63.7 Å². The molecule has 4 nitrogen and oxygen atoms in total. The molecule has 3 unspecified atom stereocenters. The maximum atomic E-state index is 13.5. The van der Waals surface area contributed by atoms with Crippen molar-refractivity contribution in [3.05, 3.63) is 29.1 Å². The van der Waals surface area contributed by atoms with Crippen LogP contribution < -0.4 is 5.32 Å². The summed E-state index contributed by atoms with van der Waals surface area (Å²) in [5.74, 6) is 0.107. The van der Waals surface area contributed by atoms with Crippen molar-refractivity contribution in [3.63, 3.8) is 0 Å². The molecule has 4 rings (SSSR count). The second kappa shape index (κ2) is 7.49. The predicted octanol–water partition coefficient (Wildman–Crippen LogP) is 3.79. The third-order valence-electron chi connectivity index (χ3n) is 6.78. The fraction of sp³-hybridized carbons (Fsp3) is 0.700. The number of carbonyl (C=O) groups excluding carboxylic acids is 1. The molecule has 2 heterocycles. The number of nitrogens with zero attached hydrogens (tertiary/aromatic N) is 2. The van der Waals surface area contributed by atoms with E-state index in [0.717, 1.165) is 25.1 Å². The van der Waals surface area contributed by atoms with E-state index in [0.29, 0.717) is 43.5 Å². The standard InChI is InChI=1S/C20H24F5N3O/c21-17(22)10-26-15-7-13-2-1-4-19(13,8-15)18(29)28-5-3-16-12(11-28)6-14(9-27-16)20(23,24)25/h6,9,13,15,17,26H,1-5,7-8,10-11H2. The largest absolute Gasteiger partial charge is 0.417 e. The third-order valence-corrected chi connectivity index (χ3v) is 6.78. The minimum absolute atomic E-state index is 0.0376. The predicted molar refractivity (Wildman–Crippen MR) is 95.2 cm³/mol. The zero-order chi connectivity index (χ0) is 20.8. The molecule has 0 aromatic carbocycles. The molecule has 0 radical (unpaired) electrons. The number of amides is 1. The Hall–Kier alpha value is -1.77. The summed E-state index contributed by atoms with van der Waals surface area (Å²) >= 11 is 0. The van der Waals surface area contributed by atoms with Gasteiger partial charge in [0.15, 0.2) is 0 Å². The molecule has 2 saturated carbocycles. The Labute approximate surface area is 165 Å². The van der Waals surface area contributed by atoms with E-state index in [-0.39, 0.29) is 31.0 Å². The Kier molecular flexibility index (Phi) is 5.29. The van der Waals surface area contributed by atoms with Crippen LogP contribution in [0.15, 0.2) is 12.3 Å². The van der Waals surface area contributed by atoms with E-state index in [1.54, 1.807) is 4.90 Å². The minimum Gasteiger partial charge on any atom is -0.337 e. The monoisotopic (exact) mass is 417 g/mol. The Morgan fingerprint density at radius 3 is 2.90 bits per heavy atom. The SMILES string of the molecule is O=C(N1CCc2ncc(C(F)(F)F)cc2C1)C12CCCC1CC(NCC(F)F)C2. The van der Waals surface area contributed by atoms with Gasteiger partial charge >= 0.3 is 6.18 Å². The zero-order valence-electron chi connectivity index (χ0n) is 15.9. The fourth-order valence-corrected chi connectivity index (χ4v) is 5.47. The first-order valence-corrected chi connectivity index (χ1v) is 10.0. The number of carbonyl (C=O) groups is 1. The van der Waals surface area contributed by atoms with Gasteiger partial charge in [-0.2, -0.15) is 13.2 Å². The van der Waals surface area contributed by atoms with Crippen molar-refractivity contribution in [1.82, 2.24) is 15.2 Å². The van der Waals surface area contributed by atoms with Gasteiger partial charge in [-0.05, 0) is 43.2 Å². The van der Waals surface area contributed by atoms with E-state index < -0.39 is 23.6 Å². The van der Waals surface area contributed by atoms with E-state index in [1.807, 2.05) is 0 Å². The Balaban J connectivity index is 1.51. The van der Waals surface area contributed by atoms with Gasteiger partial charge in [-0.1, -0.05) is 6.42 Å². The summed E-state index contributed by atoms with van der Waals surface area (Å²) in [6, 6.07) is 0.974. The maximum absolute atomic E-state index is 13.5.